The number of carbonyl (C=O) groups excluding carboxylic acids is 1. The van der Waals surface area contributed by atoms with Gasteiger partial charge in [0.1, 0.15) is 11.9 Å². The van der Waals surface area contributed by atoms with Crippen molar-refractivity contribution in [2.45, 2.75) is 43.5 Å². The van der Waals surface area contributed by atoms with Crippen molar-refractivity contribution in [3.05, 3.63) is 5.82 Å². The molecule has 1 unspecified atom stereocenters. The molecule has 1 aromatic rings. The number of rotatable bonds is 5. The van der Waals surface area contributed by atoms with E-state index >= 15 is 0 Å². The highest BCUT2D eigenvalue weighted by atomic mass is 32.2. The number of thioether (sulfide) groups is 1. The zero-order valence-corrected chi connectivity index (χ0v) is 12.9. The summed E-state index contributed by atoms with van der Waals surface area (Å²) in [4.78, 5) is 26.2. The second-order valence-electron chi connectivity index (χ2n) is 5.04. The number of nitrogens with zero attached hydrogens (tertiary/aromatic N) is 2. The summed E-state index contributed by atoms with van der Waals surface area (Å²) in [5.74, 6) is -0.441. The van der Waals surface area contributed by atoms with Crippen LogP contribution in [0.15, 0.2) is 4.34 Å². The Labute approximate surface area is 120 Å². The number of hydrogen-bond acceptors (Lipinski definition) is 6. The van der Waals surface area contributed by atoms with Crippen molar-refractivity contribution >= 4 is 35.2 Å². The first kappa shape index (κ1) is 15.9. The summed E-state index contributed by atoms with van der Waals surface area (Å²) in [6, 6.07) is -0.913. The smallest absolute Gasteiger partial charge is 0.327 e. The van der Waals surface area contributed by atoms with Crippen molar-refractivity contribution in [1.29, 1.82) is 0 Å². The van der Waals surface area contributed by atoms with Crippen molar-refractivity contribution in [1.82, 2.24) is 14.7 Å². The zero-order chi connectivity index (χ0) is 14.6. The summed E-state index contributed by atoms with van der Waals surface area (Å²) >= 11 is 2.53. The monoisotopic (exact) mass is 303 g/mol. The van der Waals surface area contributed by atoms with E-state index in [0.717, 1.165) is 5.82 Å². The van der Waals surface area contributed by atoms with Gasteiger partial charge in [0.15, 0.2) is 4.34 Å². The van der Waals surface area contributed by atoms with Crippen LogP contribution in [0, 0.1) is 0 Å². The van der Waals surface area contributed by atoms with Gasteiger partial charge in [-0.15, -0.1) is 0 Å². The lowest BCUT2D eigenvalue weighted by molar-refractivity contribution is -0.140. The van der Waals surface area contributed by atoms with E-state index in [2.05, 4.69) is 14.7 Å². The Hall–Kier alpha value is -1.15. The zero-order valence-electron chi connectivity index (χ0n) is 11.3. The average molecular weight is 303 g/mol. The Morgan fingerprint density at radius 3 is 2.53 bits per heavy atom. The summed E-state index contributed by atoms with van der Waals surface area (Å²) in [5.41, 5.74) is -0.126. The van der Waals surface area contributed by atoms with Gasteiger partial charge in [0.25, 0.3) is 0 Å². The third kappa shape index (κ3) is 5.15. The fourth-order valence-corrected chi connectivity index (χ4v) is 2.97. The Kier molecular flexibility index (Phi) is 5.30. The fourth-order valence-electron chi connectivity index (χ4n) is 1.15. The third-order valence-electron chi connectivity index (χ3n) is 2.13. The van der Waals surface area contributed by atoms with Crippen molar-refractivity contribution in [3.63, 3.8) is 0 Å². The van der Waals surface area contributed by atoms with E-state index in [9.17, 15) is 9.59 Å². The quantitative estimate of drug-likeness (QED) is 0.801. The van der Waals surface area contributed by atoms with E-state index in [1.165, 1.54) is 30.2 Å². The van der Waals surface area contributed by atoms with Gasteiger partial charge in [-0.05, 0) is 11.5 Å². The topological polar surface area (TPSA) is 92.2 Å². The molecule has 0 aromatic carbocycles. The lowest BCUT2D eigenvalue weighted by Crippen LogP contribution is -2.41. The van der Waals surface area contributed by atoms with Crippen molar-refractivity contribution < 1.29 is 14.7 Å². The van der Waals surface area contributed by atoms with Crippen LogP contribution < -0.4 is 5.32 Å². The highest BCUT2D eigenvalue weighted by Gasteiger charge is 2.22. The Bertz CT molecular complexity index is 468. The number of nitrogens with one attached hydrogen (secondary N) is 1. The number of carboxylic acid groups (broad SMARTS) is 1. The molecular formula is C11H17N3O3S2. The minimum atomic E-state index is -1.05. The highest BCUT2D eigenvalue weighted by molar-refractivity contribution is 8.01. The predicted molar refractivity (Wildman–Crippen MR) is 74.6 cm³/mol. The second-order valence-corrected chi connectivity index (χ2v) is 7.06. The van der Waals surface area contributed by atoms with Crippen molar-refractivity contribution in [3.8, 4) is 0 Å². The largest absolute Gasteiger partial charge is 0.480 e. The van der Waals surface area contributed by atoms with Gasteiger partial charge >= 0.3 is 5.97 Å². The molecule has 0 saturated carbocycles. The summed E-state index contributed by atoms with van der Waals surface area (Å²) in [6.45, 7) is 7.34. The number of carboxylic acids is 1. The lowest BCUT2D eigenvalue weighted by atomic mass is 9.96. The van der Waals surface area contributed by atoms with Gasteiger partial charge in [0.05, 0.1) is 0 Å². The summed E-state index contributed by atoms with van der Waals surface area (Å²) < 4.78 is 4.96. The maximum atomic E-state index is 11.0. The van der Waals surface area contributed by atoms with Crippen LogP contribution in [0.4, 0.5) is 0 Å². The SMILES string of the molecule is CC(=O)NC(CSc1nc(C(C)(C)C)ns1)C(=O)O. The van der Waals surface area contributed by atoms with E-state index in [1.54, 1.807) is 0 Å². The first-order chi connectivity index (χ1) is 8.70. The molecule has 0 bridgehead atoms. The summed E-state index contributed by atoms with van der Waals surface area (Å²) in [7, 11) is 0. The molecule has 0 aliphatic rings. The van der Waals surface area contributed by atoms with Crippen LogP contribution in [-0.2, 0) is 15.0 Å². The molecule has 2 N–H and O–H groups in total. The standard InChI is InChI=1S/C11H17N3O3S2/c1-6(15)12-7(8(16)17)5-18-10-13-9(14-19-10)11(2,3)4/h7H,5H2,1-4H3,(H,12,15)(H,16,17). The molecule has 1 heterocycles. The first-order valence-electron chi connectivity index (χ1n) is 5.67. The van der Waals surface area contributed by atoms with Gasteiger partial charge in [0, 0.05) is 18.1 Å². The van der Waals surface area contributed by atoms with Gasteiger partial charge in [-0.25, -0.2) is 9.78 Å². The number of aliphatic carboxylic acids is 1. The van der Waals surface area contributed by atoms with E-state index < -0.39 is 12.0 Å². The molecule has 0 spiro atoms. The highest BCUT2D eigenvalue weighted by Crippen LogP contribution is 2.26. The molecule has 0 saturated heterocycles. The van der Waals surface area contributed by atoms with Crippen molar-refractivity contribution in [2.24, 2.45) is 0 Å². The Morgan fingerprint density at radius 1 is 1.47 bits per heavy atom. The van der Waals surface area contributed by atoms with Gasteiger partial charge in [0.2, 0.25) is 5.91 Å². The molecule has 1 rings (SSSR count). The Balaban J connectivity index is 2.62. The molecule has 0 radical (unpaired) electrons. The maximum absolute atomic E-state index is 11.0. The van der Waals surface area contributed by atoms with Crippen LogP contribution in [0.25, 0.3) is 0 Å². The minimum absolute atomic E-state index is 0.126. The van der Waals surface area contributed by atoms with Gasteiger partial charge < -0.3 is 10.4 Å². The Morgan fingerprint density at radius 2 is 2.11 bits per heavy atom. The van der Waals surface area contributed by atoms with Crippen LogP contribution in [-0.4, -0.2) is 38.1 Å². The number of amides is 1. The van der Waals surface area contributed by atoms with Gasteiger partial charge in [-0.3, -0.25) is 4.79 Å². The molecule has 0 fully saturated rings. The number of hydrogen-bond donors (Lipinski definition) is 2. The molecule has 0 aliphatic carbocycles. The number of carbonyl (C=O) groups is 2. The normalized spacial score (nSPS) is 13.1. The maximum Gasteiger partial charge on any atom is 0.327 e. The molecule has 19 heavy (non-hydrogen) atoms. The van der Waals surface area contributed by atoms with E-state index in [0.29, 0.717) is 4.34 Å². The van der Waals surface area contributed by atoms with E-state index in [4.69, 9.17) is 5.11 Å². The molecule has 8 heteroatoms. The van der Waals surface area contributed by atoms with Crippen LogP contribution in [0.1, 0.15) is 33.5 Å². The van der Waals surface area contributed by atoms with Crippen LogP contribution in [0.5, 0.6) is 0 Å². The molecule has 6 nitrogen and oxygen atoms in total. The van der Waals surface area contributed by atoms with E-state index in [-0.39, 0.29) is 17.1 Å². The van der Waals surface area contributed by atoms with Crippen LogP contribution in [0.2, 0.25) is 0 Å². The van der Waals surface area contributed by atoms with Gasteiger partial charge in [-0.2, -0.15) is 4.37 Å². The molecule has 0 aliphatic heterocycles. The summed E-state index contributed by atoms with van der Waals surface area (Å²) in [5, 5.41) is 11.4. The van der Waals surface area contributed by atoms with Crippen LogP contribution in [0.3, 0.4) is 0 Å². The number of aromatic nitrogens is 2. The lowest BCUT2D eigenvalue weighted by Gasteiger charge is -2.12. The third-order valence-corrected chi connectivity index (χ3v) is 4.05. The molecule has 1 aromatic heterocycles. The predicted octanol–water partition coefficient (Wildman–Crippen LogP) is 1.52. The van der Waals surface area contributed by atoms with Crippen LogP contribution >= 0.6 is 23.3 Å². The summed E-state index contributed by atoms with van der Waals surface area (Å²) in [6.07, 6.45) is 0. The van der Waals surface area contributed by atoms with Gasteiger partial charge in [-0.1, -0.05) is 32.5 Å². The molecule has 1 amide bonds. The second kappa shape index (κ2) is 6.33. The molecule has 106 valence electrons. The van der Waals surface area contributed by atoms with E-state index in [1.807, 2.05) is 20.8 Å². The fraction of sp³-hybridized carbons (Fsp3) is 0.636. The van der Waals surface area contributed by atoms with Crippen molar-refractivity contribution in [2.75, 3.05) is 5.75 Å². The average Bonchev–Trinajstić information content (AvgIpc) is 2.71. The molecule has 1 atom stereocenters. The first-order valence-corrected chi connectivity index (χ1v) is 7.43. The molecular weight excluding hydrogens is 286 g/mol. The minimum Gasteiger partial charge on any atom is -0.480 e.